The Bertz CT molecular complexity index is 634. The molecule has 21 heavy (non-hydrogen) atoms. The van der Waals surface area contributed by atoms with Crippen LogP contribution in [0.15, 0.2) is 36.4 Å². The molecule has 112 valence electrons. The molecule has 0 aliphatic carbocycles. The van der Waals surface area contributed by atoms with Gasteiger partial charge in [0.2, 0.25) is 0 Å². The van der Waals surface area contributed by atoms with Gasteiger partial charge in [-0.2, -0.15) is 0 Å². The highest BCUT2D eigenvalue weighted by Crippen LogP contribution is 2.29. The van der Waals surface area contributed by atoms with E-state index in [2.05, 4.69) is 5.32 Å². The Balaban J connectivity index is 2.15. The van der Waals surface area contributed by atoms with E-state index in [-0.39, 0.29) is 11.8 Å². The van der Waals surface area contributed by atoms with Crippen molar-refractivity contribution in [3.8, 4) is 5.75 Å². The fourth-order valence-corrected chi connectivity index (χ4v) is 2.62. The number of benzene rings is 2. The first-order valence-electron chi connectivity index (χ1n) is 6.65. The second kappa shape index (κ2) is 7.01. The lowest BCUT2D eigenvalue weighted by molar-refractivity contribution is 0.321. The molecule has 2 rings (SSSR count). The number of hydrogen-bond donors (Lipinski definition) is 1. The van der Waals surface area contributed by atoms with Crippen molar-refractivity contribution in [2.24, 2.45) is 0 Å². The van der Waals surface area contributed by atoms with Gasteiger partial charge in [0.15, 0.2) is 11.6 Å². The van der Waals surface area contributed by atoms with Crippen molar-refractivity contribution in [2.75, 3.05) is 11.9 Å². The van der Waals surface area contributed by atoms with Crippen LogP contribution in [0.4, 0.5) is 10.1 Å². The van der Waals surface area contributed by atoms with E-state index in [0.29, 0.717) is 22.3 Å². The summed E-state index contributed by atoms with van der Waals surface area (Å²) in [6, 6.07) is 10.0. The Morgan fingerprint density at radius 2 is 1.95 bits per heavy atom. The molecule has 0 saturated heterocycles. The molecule has 5 heteroatoms. The molecule has 2 aromatic carbocycles. The van der Waals surface area contributed by atoms with Crippen LogP contribution < -0.4 is 10.1 Å². The SMILES string of the molecule is CCOc1ccc(NC(C)c2ccc(Cl)cc2Cl)cc1F. The normalized spacial score (nSPS) is 12.0. The standard InChI is InChI=1S/C16H16Cl2FNO/c1-3-21-16-7-5-12(9-15(16)19)20-10(2)13-6-4-11(17)8-14(13)18/h4-10,20H,3H2,1-2H3. The Hall–Kier alpha value is -1.45. The quantitative estimate of drug-likeness (QED) is 0.760. The van der Waals surface area contributed by atoms with E-state index in [9.17, 15) is 4.39 Å². The van der Waals surface area contributed by atoms with Crippen molar-refractivity contribution in [3.63, 3.8) is 0 Å². The minimum Gasteiger partial charge on any atom is -0.491 e. The zero-order valence-electron chi connectivity index (χ0n) is 11.8. The molecule has 0 radical (unpaired) electrons. The lowest BCUT2D eigenvalue weighted by Gasteiger charge is -2.18. The maximum atomic E-state index is 13.8. The van der Waals surface area contributed by atoms with Crippen LogP contribution in [0.5, 0.6) is 5.75 Å². The molecule has 0 amide bonds. The molecule has 0 fully saturated rings. The van der Waals surface area contributed by atoms with Gasteiger partial charge < -0.3 is 10.1 Å². The Labute approximate surface area is 133 Å². The average Bonchev–Trinajstić information content (AvgIpc) is 2.41. The minimum atomic E-state index is -0.392. The molecule has 0 aliphatic rings. The van der Waals surface area contributed by atoms with Crippen molar-refractivity contribution in [3.05, 3.63) is 57.8 Å². The van der Waals surface area contributed by atoms with Crippen LogP contribution in [0, 0.1) is 5.82 Å². The number of anilines is 1. The lowest BCUT2D eigenvalue weighted by atomic mass is 10.1. The Kier molecular flexibility index (Phi) is 5.32. The Morgan fingerprint density at radius 1 is 1.19 bits per heavy atom. The van der Waals surface area contributed by atoms with Crippen molar-refractivity contribution in [2.45, 2.75) is 19.9 Å². The van der Waals surface area contributed by atoms with Gasteiger partial charge in [-0.05, 0) is 43.7 Å². The largest absolute Gasteiger partial charge is 0.491 e. The predicted molar refractivity (Wildman–Crippen MR) is 86.1 cm³/mol. The molecule has 1 N–H and O–H groups in total. The summed E-state index contributed by atoms with van der Waals surface area (Å²) in [5.41, 5.74) is 1.56. The van der Waals surface area contributed by atoms with Crippen LogP contribution >= 0.6 is 23.2 Å². The second-order valence-electron chi connectivity index (χ2n) is 4.61. The molecule has 0 aliphatic heterocycles. The molecule has 2 aromatic rings. The van der Waals surface area contributed by atoms with E-state index in [4.69, 9.17) is 27.9 Å². The molecule has 0 spiro atoms. The minimum absolute atomic E-state index is 0.0767. The highest BCUT2D eigenvalue weighted by atomic mass is 35.5. The van der Waals surface area contributed by atoms with Crippen molar-refractivity contribution in [1.29, 1.82) is 0 Å². The summed E-state index contributed by atoms with van der Waals surface area (Å²) in [4.78, 5) is 0. The average molecular weight is 328 g/mol. The van der Waals surface area contributed by atoms with Gasteiger partial charge >= 0.3 is 0 Å². The summed E-state index contributed by atoms with van der Waals surface area (Å²) in [5.74, 6) is -0.142. The number of nitrogens with one attached hydrogen (secondary N) is 1. The van der Waals surface area contributed by atoms with E-state index in [1.54, 1.807) is 24.3 Å². The van der Waals surface area contributed by atoms with Gasteiger partial charge in [-0.1, -0.05) is 29.3 Å². The highest BCUT2D eigenvalue weighted by Gasteiger charge is 2.11. The van der Waals surface area contributed by atoms with E-state index in [1.807, 2.05) is 19.9 Å². The summed E-state index contributed by atoms with van der Waals surface area (Å²) in [7, 11) is 0. The lowest BCUT2D eigenvalue weighted by Crippen LogP contribution is -2.07. The van der Waals surface area contributed by atoms with Crippen molar-refractivity contribution in [1.82, 2.24) is 0 Å². The molecule has 0 saturated carbocycles. The predicted octanol–water partition coefficient (Wildman–Crippen LogP) is 5.70. The van der Waals surface area contributed by atoms with Crippen LogP contribution in [-0.2, 0) is 0 Å². The molecular formula is C16H16Cl2FNO. The van der Waals surface area contributed by atoms with Gasteiger partial charge in [-0.15, -0.1) is 0 Å². The van der Waals surface area contributed by atoms with Crippen molar-refractivity contribution >= 4 is 28.9 Å². The molecule has 0 aromatic heterocycles. The zero-order chi connectivity index (χ0) is 15.4. The third-order valence-corrected chi connectivity index (χ3v) is 3.61. The number of hydrogen-bond acceptors (Lipinski definition) is 2. The van der Waals surface area contributed by atoms with Crippen LogP contribution in [0.25, 0.3) is 0 Å². The maximum Gasteiger partial charge on any atom is 0.167 e. The topological polar surface area (TPSA) is 21.3 Å². The molecule has 1 unspecified atom stereocenters. The molecule has 0 heterocycles. The summed E-state index contributed by atoms with van der Waals surface area (Å²) in [6.07, 6.45) is 0. The van der Waals surface area contributed by atoms with Gasteiger partial charge in [0.25, 0.3) is 0 Å². The Morgan fingerprint density at radius 3 is 2.57 bits per heavy atom. The van der Waals surface area contributed by atoms with Gasteiger partial charge in [-0.3, -0.25) is 0 Å². The highest BCUT2D eigenvalue weighted by molar-refractivity contribution is 6.35. The van der Waals surface area contributed by atoms with E-state index >= 15 is 0 Å². The van der Waals surface area contributed by atoms with Crippen LogP contribution in [0.3, 0.4) is 0 Å². The molecule has 0 bridgehead atoms. The first-order valence-corrected chi connectivity index (χ1v) is 7.40. The summed E-state index contributed by atoms with van der Waals surface area (Å²) < 4.78 is 19.0. The number of ether oxygens (including phenoxy) is 1. The summed E-state index contributed by atoms with van der Waals surface area (Å²) >= 11 is 12.1. The molecular weight excluding hydrogens is 312 g/mol. The summed E-state index contributed by atoms with van der Waals surface area (Å²) in [5, 5.41) is 4.37. The first kappa shape index (κ1) is 15.9. The number of rotatable bonds is 5. The van der Waals surface area contributed by atoms with Crippen LogP contribution in [0.2, 0.25) is 10.0 Å². The first-order chi connectivity index (χ1) is 10.0. The second-order valence-corrected chi connectivity index (χ2v) is 5.45. The fraction of sp³-hybridized carbons (Fsp3) is 0.250. The maximum absolute atomic E-state index is 13.8. The van der Waals surface area contributed by atoms with Gasteiger partial charge in [0.1, 0.15) is 0 Å². The monoisotopic (exact) mass is 327 g/mol. The van der Waals surface area contributed by atoms with Gasteiger partial charge in [0.05, 0.1) is 6.61 Å². The third-order valence-electron chi connectivity index (χ3n) is 3.04. The van der Waals surface area contributed by atoms with Crippen LogP contribution in [-0.4, -0.2) is 6.61 Å². The van der Waals surface area contributed by atoms with E-state index < -0.39 is 5.82 Å². The van der Waals surface area contributed by atoms with Gasteiger partial charge in [0, 0.05) is 27.8 Å². The smallest absolute Gasteiger partial charge is 0.167 e. The van der Waals surface area contributed by atoms with E-state index in [1.165, 1.54) is 6.07 Å². The number of halogens is 3. The van der Waals surface area contributed by atoms with E-state index in [0.717, 1.165) is 5.56 Å². The zero-order valence-corrected chi connectivity index (χ0v) is 13.3. The fourth-order valence-electron chi connectivity index (χ4n) is 2.04. The molecule has 2 nitrogen and oxygen atoms in total. The van der Waals surface area contributed by atoms with Gasteiger partial charge in [-0.25, -0.2) is 4.39 Å². The molecule has 1 atom stereocenters. The van der Waals surface area contributed by atoms with Crippen molar-refractivity contribution < 1.29 is 9.13 Å². The third kappa shape index (κ3) is 4.02. The van der Waals surface area contributed by atoms with Crippen LogP contribution in [0.1, 0.15) is 25.5 Å². The summed E-state index contributed by atoms with van der Waals surface area (Å²) in [6.45, 7) is 4.19.